The first-order valence-corrected chi connectivity index (χ1v) is 11.7. The summed E-state index contributed by atoms with van der Waals surface area (Å²) in [6.45, 7) is 2.06. The number of nitrogens with zero attached hydrogens (tertiary/aromatic N) is 1. The molecule has 1 aliphatic heterocycles. The van der Waals surface area contributed by atoms with Crippen molar-refractivity contribution in [3.8, 4) is 5.06 Å². The lowest BCUT2D eigenvalue weighted by atomic mass is 10.0. The van der Waals surface area contributed by atoms with Crippen LogP contribution >= 0.6 is 22.9 Å². The third-order valence-electron chi connectivity index (χ3n) is 5.24. The number of methoxy groups -OCH3 is 1. The number of carbonyl (C=O) groups is 3. The molecule has 3 N–H and O–H groups in total. The van der Waals surface area contributed by atoms with E-state index in [0.717, 1.165) is 37.3 Å². The Hall–Kier alpha value is -2.82. The molecule has 1 aromatic heterocycles. The predicted octanol–water partition coefficient (Wildman–Crippen LogP) is 3.27. The van der Waals surface area contributed by atoms with Gasteiger partial charge >= 0.3 is 12.2 Å². The van der Waals surface area contributed by atoms with Crippen molar-refractivity contribution in [1.29, 1.82) is 0 Å². The first kappa shape index (κ1) is 24.8. The molecular formula is C22H27ClN4O5S. The molecule has 3 rings (SSSR count). The number of thiophene rings is 1. The van der Waals surface area contributed by atoms with Gasteiger partial charge < -0.3 is 30.3 Å². The molecular weight excluding hydrogens is 468 g/mol. The number of carbonyl (C=O) groups excluding carboxylic acids is 3. The number of benzene rings is 1. The van der Waals surface area contributed by atoms with Gasteiger partial charge in [-0.05, 0) is 61.7 Å². The fourth-order valence-corrected chi connectivity index (χ4v) is 4.29. The molecule has 178 valence electrons. The Bertz CT molecular complexity index is 999. The highest BCUT2D eigenvalue weighted by molar-refractivity contribution is 7.17. The molecule has 0 spiro atoms. The Morgan fingerprint density at radius 3 is 2.58 bits per heavy atom. The zero-order valence-electron chi connectivity index (χ0n) is 18.5. The Kier molecular flexibility index (Phi) is 8.93. The van der Waals surface area contributed by atoms with E-state index in [4.69, 9.17) is 16.3 Å². The summed E-state index contributed by atoms with van der Waals surface area (Å²) in [4.78, 5) is 38.9. The molecule has 0 saturated carbocycles. The second-order valence-corrected chi connectivity index (χ2v) is 9.31. The number of rotatable bonds is 7. The van der Waals surface area contributed by atoms with Crippen LogP contribution in [0.15, 0.2) is 30.3 Å². The summed E-state index contributed by atoms with van der Waals surface area (Å²) < 4.78 is 10.2. The van der Waals surface area contributed by atoms with Crippen molar-refractivity contribution < 1.29 is 23.9 Å². The highest BCUT2D eigenvalue weighted by Crippen LogP contribution is 2.28. The fourth-order valence-electron chi connectivity index (χ4n) is 3.42. The molecule has 0 radical (unpaired) electrons. The first-order valence-electron chi connectivity index (χ1n) is 10.5. The monoisotopic (exact) mass is 494 g/mol. The number of halogens is 1. The third kappa shape index (κ3) is 7.62. The number of alkyl carbamates (subject to hydrolysis) is 1. The summed E-state index contributed by atoms with van der Waals surface area (Å²) in [5.74, 6) is -0.423. The van der Waals surface area contributed by atoms with Gasteiger partial charge in [-0.15, -0.1) is 0 Å². The van der Waals surface area contributed by atoms with Crippen LogP contribution < -0.4 is 20.7 Å². The van der Waals surface area contributed by atoms with Crippen molar-refractivity contribution in [3.63, 3.8) is 0 Å². The smallest absolute Gasteiger partial charge is 0.414 e. The van der Waals surface area contributed by atoms with E-state index in [9.17, 15) is 14.4 Å². The highest BCUT2D eigenvalue weighted by atomic mass is 35.5. The van der Waals surface area contributed by atoms with Gasteiger partial charge in [0.2, 0.25) is 5.91 Å². The van der Waals surface area contributed by atoms with Crippen LogP contribution in [0.3, 0.4) is 0 Å². The summed E-state index contributed by atoms with van der Waals surface area (Å²) in [5.41, 5.74) is 3.12. The number of ether oxygens (including phenoxy) is 2. The maximum absolute atomic E-state index is 13.0. The van der Waals surface area contributed by atoms with Crippen LogP contribution in [0, 0.1) is 0 Å². The van der Waals surface area contributed by atoms with E-state index >= 15 is 0 Å². The molecule has 9 nitrogen and oxygen atoms in total. The van der Waals surface area contributed by atoms with Crippen LogP contribution in [-0.4, -0.2) is 62.8 Å². The van der Waals surface area contributed by atoms with E-state index in [0.29, 0.717) is 15.1 Å². The molecule has 1 atom stereocenters. The van der Waals surface area contributed by atoms with Gasteiger partial charge in [0.1, 0.15) is 6.04 Å². The number of fused-ring (bicyclic) bond motifs is 1. The van der Waals surface area contributed by atoms with Crippen molar-refractivity contribution in [2.75, 3.05) is 39.1 Å². The van der Waals surface area contributed by atoms with Crippen molar-refractivity contribution >= 4 is 46.7 Å². The van der Waals surface area contributed by atoms with Crippen LogP contribution in [0.1, 0.15) is 17.5 Å². The van der Waals surface area contributed by atoms with Gasteiger partial charge in [-0.3, -0.25) is 4.79 Å². The zero-order chi connectivity index (χ0) is 23.8. The number of amides is 3. The number of hydrogen-bond acceptors (Lipinski definition) is 7. The number of nitrogens with one attached hydrogen (secondary N) is 3. The summed E-state index contributed by atoms with van der Waals surface area (Å²) in [7, 11) is 3.34. The normalized spacial score (nSPS) is 14.4. The van der Waals surface area contributed by atoms with Gasteiger partial charge in [0, 0.05) is 25.3 Å². The van der Waals surface area contributed by atoms with Gasteiger partial charge in [-0.1, -0.05) is 29.0 Å². The van der Waals surface area contributed by atoms with Crippen molar-refractivity contribution in [1.82, 2.24) is 15.5 Å². The average molecular weight is 495 g/mol. The Balaban J connectivity index is 1.65. The molecule has 2 aromatic rings. The largest absolute Gasteiger partial charge is 0.453 e. The van der Waals surface area contributed by atoms with E-state index < -0.39 is 24.1 Å². The van der Waals surface area contributed by atoms with E-state index in [1.54, 1.807) is 12.1 Å². The van der Waals surface area contributed by atoms with E-state index in [2.05, 4.69) is 32.6 Å². The van der Waals surface area contributed by atoms with Gasteiger partial charge in [-0.25, -0.2) is 9.59 Å². The molecule has 1 aliphatic rings. The maximum atomic E-state index is 13.0. The lowest BCUT2D eigenvalue weighted by Crippen LogP contribution is -2.46. The lowest BCUT2D eigenvalue weighted by molar-refractivity contribution is -0.118. The molecule has 11 heteroatoms. The minimum atomic E-state index is -0.949. The van der Waals surface area contributed by atoms with Crippen molar-refractivity contribution in [3.05, 3.63) is 45.8 Å². The molecule has 0 aliphatic carbocycles. The molecule has 0 unspecified atom stereocenters. The Morgan fingerprint density at radius 2 is 1.88 bits per heavy atom. The summed E-state index contributed by atoms with van der Waals surface area (Å²) in [5, 5.41) is 8.23. The van der Waals surface area contributed by atoms with Crippen LogP contribution in [-0.2, 0) is 22.4 Å². The third-order valence-corrected chi connectivity index (χ3v) is 6.35. The van der Waals surface area contributed by atoms with E-state index in [-0.39, 0.29) is 13.0 Å². The predicted molar refractivity (Wildman–Crippen MR) is 127 cm³/mol. The van der Waals surface area contributed by atoms with Crippen molar-refractivity contribution in [2.24, 2.45) is 0 Å². The molecule has 2 heterocycles. The van der Waals surface area contributed by atoms with Crippen molar-refractivity contribution in [2.45, 2.75) is 25.3 Å². The summed E-state index contributed by atoms with van der Waals surface area (Å²) >= 11 is 6.96. The van der Waals surface area contributed by atoms with E-state index in [1.165, 1.54) is 18.2 Å². The SMILES string of the molecule is COC(=O)NCC[C@@H](NC(=O)Oc1ccc(Cl)s1)C(=O)Nc1ccc2c(c1)CCN(C)CC2. The van der Waals surface area contributed by atoms with Gasteiger partial charge in [0.05, 0.1) is 11.4 Å². The second-order valence-electron chi connectivity index (χ2n) is 7.63. The quantitative estimate of drug-likeness (QED) is 0.545. The van der Waals surface area contributed by atoms with E-state index in [1.807, 2.05) is 18.2 Å². The summed E-state index contributed by atoms with van der Waals surface area (Å²) in [6, 6.07) is 8.08. The Morgan fingerprint density at radius 1 is 1.12 bits per heavy atom. The van der Waals surface area contributed by atoms with Gasteiger partial charge in [-0.2, -0.15) is 0 Å². The molecule has 33 heavy (non-hydrogen) atoms. The highest BCUT2D eigenvalue weighted by Gasteiger charge is 2.23. The summed E-state index contributed by atoms with van der Waals surface area (Å²) in [6.07, 6.45) is 0.576. The molecule has 1 aromatic carbocycles. The second kappa shape index (κ2) is 11.9. The topological polar surface area (TPSA) is 109 Å². The lowest BCUT2D eigenvalue weighted by Gasteiger charge is -2.19. The fraction of sp³-hybridized carbons (Fsp3) is 0.409. The maximum Gasteiger partial charge on any atom is 0.414 e. The van der Waals surface area contributed by atoms with Crippen LogP contribution in [0.2, 0.25) is 4.34 Å². The first-order chi connectivity index (χ1) is 15.8. The standard InChI is InChI=1S/C22H27ClN4O5S/c1-27-11-8-14-3-4-16(13-15(14)9-12-27)25-20(28)17(7-10-24-21(29)31-2)26-22(30)32-19-6-5-18(23)33-19/h3-6,13,17H,7-12H2,1-2H3,(H,24,29)(H,25,28)(H,26,30)/t17-/m1/s1. The van der Waals surface area contributed by atoms with Crippen LogP contribution in [0.4, 0.5) is 15.3 Å². The number of likely N-dealkylation sites (N-methyl/N-ethyl adjacent to an activating group) is 1. The average Bonchev–Trinajstić information content (AvgIpc) is 3.10. The molecule has 3 amide bonds. The minimum absolute atomic E-state index is 0.117. The molecule has 0 fully saturated rings. The number of anilines is 1. The van der Waals surface area contributed by atoms with Gasteiger partial charge in [0.15, 0.2) is 5.06 Å². The molecule has 0 bridgehead atoms. The van der Waals surface area contributed by atoms with Gasteiger partial charge in [0.25, 0.3) is 0 Å². The minimum Gasteiger partial charge on any atom is -0.453 e. The van der Waals surface area contributed by atoms with Crippen LogP contribution in [0.5, 0.6) is 5.06 Å². The zero-order valence-corrected chi connectivity index (χ0v) is 20.1. The number of hydrogen-bond donors (Lipinski definition) is 3. The Labute approximate surface area is 201 Å². The van der Waals surface area contributed by atoms with Crippen LogP contribution in [0.25, 0.3) is 0 Å². The molecule has 0 saturated heterocycles.